The number of anilines is 2. The van der Waals surface area contributed by atoms with Crippen LogP contribution in [0.25, 0.3) is 11.1 Å². The summed E-state index contributed by atoms with van der Waals surface area (Å²) in [5.74, 6) is -0.108. The van der Waals surface area contributed by atoms with Crippen molar-refractivity contribution in [1.82, 2.24) is 0 Å². The summed E-state index contributed by atoms with van der Waals surface area (Å²) in [5.41, 5.74) is 4.91. The molecule has 0 fully saturated rings. The summed E-state index contributed by atoms with van der Waals surface area (Å²) in [6, 6.07) is 30.8. The van der Waals surface area contributed by atoms with Crippen LogP contribution < -0.4 is 9.64 Å². The third-order valence-corrected chi connectivity index (χ3v) is 5.71. The number of benzene rings is 4. The summed E-state index contributed by atoms with van der Waals surface area (Å²) < 4.78 is 5.47. The number of amides is 1. The van der Waals surface area contributed by atoms with Crippen molar-refractivity contribution in [2.24, 2.45) is 0 Å². The Morgan fingerprint density at radius 3 is 2.19 bits per heavy atom. The van der Waals surface area contributed by atoms with E-state index in [9.17, 15) is 9.90 Å². The first kappa shape index (κ1) is 18.9. The fraction of sp³-hybridized carbons (Fsp3) is 0.0741. The number of ether oxygens (including phenoxy) is 1. The number of phenolic OH excluding ortho intramolecular Hbond substituents is 1. The van der Waals surface area contributed by atoms with Crippen LogP contribution in [0.15, 0.2) is 97.1 Å². The highest BCUT2D eigenvalue weighted by atomic mass is 16.5. The van der Waals surface area contributed by atoms with E-state index in [0.29, 0.717) is 11.3 Å². The number of carbonyl (C=O) groups is 1. The average Bonchev–Trinajstić information content (AvgIpc) is 3.12. The van der Waals surface area contributed by atoms with Gasteiger partial charge in [-0.05, 0) is 47.0 Å². The van der Waals surface area contributed by atoms with Gasteiger partial charge in [0.15, 0.2) is 11.5 Å². The number of nitrogens with zero attached hydrogens (tertiary/aromatic N) is 1. The highest BCUT2D eigenvalue weighted by Crippen LogP contribution is 2.48. The Labute approximate surface area is 181 Å². The van der Waals surface area contributed by atoms with Crippen LogP contribution in [-0.2, 0) is 4.79 Å². The molecule has 0 spiro atoms. The molecular weight excluding hydrogens is 386 g/mol. The highest BCUT2D eigenvalue weighted by molar-refractivity contribution is 6.12. The van der Waals surface area contributed by atoms with Crippen molar-refractivity contribution in [2.75, 3.05) is 12.0 Å². The molecule has 0 aliphatic carbocycles. The second-order valence-electron chi connectivity index (χ2n) is 7.49. The number of carbonyl (C=O) groups excluding carboxylic acids is 1. The minimum Gasteiger partial charge on any atom is -0.504 e. The predicted molar refractivity (Wildman–Crippen MR) is 122 cm³/mol. The van der Waals surface area contributed by atoms with Gasteiger partial charge in [-0.3, -0.25) is 9.69 Å². The van der Waals surface area contributed by atoms with E-state index in [1.165, 1.54) is 7.11 Å². The molecular formula is C27H21NO3. The summed E-state index contributed by atoms with van der Waals surface area (Å²) in [7, 11) is 1.52. The van der Waals surface area contributed by atoms with E-state index in [2.05, 4.69) is 0 Å². The van der Waals surface area contributed by atoms with Crippen molar-refractivity contribution >= 4 is 17.3 Å². The van der Waals surface area contributed by atoms with E-state index in [1.54, 1.807) is 11.0 Å². The number of phenols is 1. The maximum atomic E-state index is 13.7. The maximum Gasteiger partial charge on any atom is 0.243 e. The minimum absolute atomic E-state index is 0.0286. The van der Waals surface area contributed by atoms with E-state index in [4.69, 9.17) is 4.74 Å². The van der Waals surface area contributed by atoms with Crippen molar-refractivity contribution in [3.63, 3.8) is 0 Å². The SMILES string of the molecule is COc1cc(C2C(=O)N(c3ccccc3)c3ccccc32)cc(-c2ccccc2)c1O. The largest absolute Gasteiger partial charge is 0.504 e. The molecule has 0 saturated carbocycles. The molecule has 0 aromatic heterocycles. The van der Waals surface area contributed by atoms with Crippen molar-refractivity contribution < 1.29 is 14.6 Å². The zero-order valence-corrected chi connectivity index (χ0v) is 17.0. The first-order chi connectivity index (χ1) is 15.2. The van der Waals surface area contributed by atoms with E-state index < -0.39 is 5.92 Å². The molecule has 1 aliphatic rings. The summed E-state index contributed by atoms with van der Waals surface area (Å²) >= 11 is 0. The molecule has 4 aromatic carbocycles. The van der Waals surface area contributed by atoms with Gasteiger partial charge < -0.3 is 9.84 Å². The molecule has 5 rings (SSSR count). The molecule has 1 aliphatic heterocycles. The molecule has 4 aromatic rings. The lowest BCUT2D eigenvalue weighted by Crippen LogP contribution is -2.24. The third-order valence-electron chi connectivity index (χ3n) is 5.71. The van der Waals surface area contributed by atoms with Gasteiger partial charge in [-0.2, -0.15) is 0 Å². The van der Waals surface area contributed by atoms with Crippen LogP contribution in [0.4, 0.5) is 11.4 Å². The molecule has 152 valence electrons. The molecule has 0 saturated heterocycles. The van der Waals surface area contributed by atoms with Gasteiger partial charge in [0.1, 0.15) is 0 Å². The van der Waals surface area contributed by atoms with E-state index in [-0.39, 0.29) is 11.7 Å². The number of rotatable bonds is 4. The lowest BCUT2D eigenvalue weighted by Gasteiger charge is -2.19. The summed E-state index contributed by atoms with van der Waals surface area (Å²) in [6.07, 6.45) is 0. The Morgan fingerprint density at radius 2 is 1.48 bits per heavy atom. The van der Waals surface area contributed by atoms with Crippen molar-refractivity contribution in [2.45, 2.75) is 5.92 Å². The molecule has 4 heteroatoms. The Morgan fingerprint density at radius 1 is 0.839 bits per heavy atom. The topological polar surface area (TPSA) is 49.8 Å². The zero-order valence-electron chi connectivity index (χ0n) is 17.0. The van der Waals surface area contributed by atoms with E-state index >= 15 is 0 Å². The average molecular weight is 407 g/mol. The van der Waals surface area contributed by atoms with Gasteiger partial charge in [0, 0.05) is 11.3 Å². The molecule has 1 N–H and O–H groups in total. The molecule has 0 radical (unpaired) electrons. The van der Waals surface area contributed by atoms with Crippen LogP contribution in [0.5, 0.6) is 11.5 Å². The molecule has 1 unspecified atom stereocenters. The number of methoxy groups -OCH3 is 1. The van der Waals surface area contributed by atoms with Crippen LogP contribution in [0.2, 0.25) is 0 Å². The number of para-hydroxylation sites is 2. The molecule has 1 atom stereocenters. The standard InChI is InChI=1S/C27H21NO3/c1-31-24-17-19(16-22(26(24)29)18-10-4-2-5-11-18)25-21-14-8-9-15-23(21)28(27(25)30)20-12-6-3-7-13-20/h2-17,25,29H,1H3. The summed E-state index contributed by atoms with van der Waals surface area (Å²) in [4.78, 5) is 15.5. The fourth-order valence-corrected chi connectivity index (χ4v) is 4.27. The van der Waals surface area contributed by atoms with Gasteiger partial charge in [0.25, 0.3) is 0 Å². The summed E-state index contributed by atoms with van der Waals surface area (Å²) in [6.45, 7) is 0. The second kappa shape index (κ2) is 7.65. The quantitative estimate of drug-likeness (QED) is 0.460. The van der Waals surface area contributed by atoms with Crippen LogP contribution >= 0.6 is 0 Å². The Hall–Kier alpha value is -4.05. The number of fused-ring (bicyclic) bond motifs is 1. The Kier molecular flexibility index (Phi) is 4.68. The minimum atomic E-state index is -0.492. The van der Waals surface area contributed by atoms with Gasteiger partial charge in [0.2, 0.25) is 5.91 Å². The molecule has 1 heterocycles. The molecule has 31 heavy (non-hydrogen) atoms. The molecule has 4 nitrogen and oxygen atoms in total. The van der Waals surface area contributed by atoms with Crippen LogP contribution in [-0.4, -0.2) is 18.1 Å². The van der Waals surface area contributed by atoms with E-state index in [0.717, 1.165) is 28.1 Å². The van der Waals surface area contributed by atoms with Crippen LogP contribution in [0, 0.1) is 0 Å². The first-order valence-corrected chi connectivity index (χ1v) is 10.1. The smallest absolute Gasteiger partial charge is 0.243 e. The molecule has 1 amide bonds. The van der Waals surface area contributed by atoms with Gasteiger partial charge in [0.05, 0.1) is 18.7 Å². The monoisotopic (exact) mass is 407 g/mol. The number of aromatic hydroxyl groups is 1. The summed E-state index contributed by atoms with van der Waals surface area (Å²) in [5, 5.41) is 10.8. The van der Waals surface area contributed by atoms with Gasteiger partial charge in [-0.1, -0.05) is 66.7 Å². The van der Waals surface area contributed by atoms with E-state index in [1.807, 2.05) is 91.0 Å². The van der Waals surface area contributed by atoms with Gasteiger partial charge in [-0.15, -0.1) is 0 Å². The lowest BCUT2D eigenvalue weighted by molar-refractivity contribution is -0.117. The first-order valence-electron chi connectivity index (χ1n) is 10.1. The second-order valence-corrected chi connectivity index (χ2v) is 7.49. The number of hydrogen-bond donors (Lipinski definition) is 1. The fourth-order valence-electron chi connectivity index (χ4n) is 4.27. The van der Waals surface area contributed by atoms with Crippen LogP contribution in [0.1, 0.15) is 17.0 Å². The normalized spacial score (nSPS) is 15.1. The zero-order chi connectivity index (χ0) is 21.4. The Balaban J connectivity index is 1.69. The third kappa shape index (κ3) is 3.13. The number of hydrogen-bond acceptors (Lipinski definition) is 3. The van der Waals surface area contributed by atoms with Crippen molar-refractivity contribution in [3.05, 3.63) is 108 Å². The highest BCUT2D eigenvalue weighted by Gasteiger charge is 2.39. The lowest BCUT2D eigenvalue weighted by atomic mass is 9.89. The van der Waals surface area contributed by atoms with Crippen molar-refractivity contribution in [1.29, 1.82) is 0 Å². The predicted octanol–water partition coefficient (Wildman–Crippen LogP) is 5.88. The maximum absolute atomic E-state index is 13.7. The van der Waals surface area contributed by atoms with Crippen molar-refractivity contribution in [3.8, 4) is 22.6 Å². The Bertz CT molecular complexity index is 1250. The molecule has 0 bridgehead atoms. The van der Waals surface area contributed by atoms with Gasteiger partial charge in [-0.25, -0.2) is 0 Å². The van der Waals surface area contributed by atoms with Crippen LogP contribution in [0.3, 0.4) is 0 Å². The van der Waals surface area contributed by atoms with Gasteiger partial charge >= 0.3 is 0 Å².